The Hall–Kier alpha value is -2.30. The average molecular weight is 262 g/mol. The lowest BCUT2D eigenvalue weighted by Crippen LogP contribution is -2.27. The monoisotopic (exact) mass is 262 g/mol. The molecule has 0 aliphatic rings. The minimum Gasteiger partial charge on any atom is -0.444 e. The lowest BCUT2D eigenvalue weighted by atomic mass is 10.2. The van der Waals surface area contributed by atoms with Gasteiger partial charge in [0.05, 0.1) is 0 Å². The van der Waals surface area contributed by atoms with E-state index in [2.05, 4.69) is 17.2 Å². The van der Waals surface area contributed by atoms with Crippen molar-refractivity contribution >= 4 is 23.4 Å². The molecule has 2 amide bonds. The van der Waals surface area contributed by atoms with Crippen LogP contribution in [0.25, 0.3) is 0 Å². The lowest BCUT2D eigenvalue weighted by Gasteiger charge is -2.19. The van der Waals surface area contributed by atoms with Gasteiger partial charge in [0.1, 0.15) is 5.60 Å². The molecule has 0 fully saturated rings. The van der Waals surface area contributed by atoms with Crippen molar-refractivity contribution in [1.82, 2.24) is 0 Å². The number of carbonyl (C=O) groups excluding carboxylic acids is 2. The third-order valence-electron chi connectivity index (χ3n) is 1.96. The van der Waals surface area contributed by atoms with E-state index in [1.165, 1.54) is 6.08 Å². The van der Waals surface area contributed by atoms with Crippen molar-refractivity contribution < 1.29 is 14.3 Å². The van der Waals surface area contributed by atoms with Crippen molar-refractivity contribution in [2.24, 2.45) is 0 Å². The van der Waals surface area contributed by atoms with Gasteiger partial charge in [-0.15, -0.1) is 0 Å². The summed E-state index contributed by atoms with van der Waals surface area (Å²) in [6.07, 6.45) is 0.633. The molecule has 0 aliphatic heterocycles. The Morgan fingerprint density at radius 1 is 1.21 bits per heavy atom. The van der Waals surface area contributed by atoms with E-state index in [4.69, 9.17) is 4.74 Å². The highest BCUT2D eigenvalue weighted by molar-refractivity contribution is 5.99. The van der Waals surface area contributed by atoms with Crippen LogP contribution in [0.5, 0.6) is 0 Å². The summed E-state index contributed by atoms with van der Waals surface area (Å²) in [4.78, 5) is 22.7. The molecule has 1 aromatic rings. The molecule has 5 heteroatoms. The predicted molar refractivity (Wildman–Crippen MR) is 75.1 cm³/mol. The first kappa shape index (κ1) is 14.8. The zero-order valence-corrected chi connectivity index (χ0v) is 11.3. The van der Waals surface area contributed by atoms with Crippen molar-refractivity contribution in [3.8, 4) is 0 Å². The molecule has 0 unspecified atom stereocenters. The maximum atomic E-state index is 11.6. The first-order valence-corrected chi connectivity index (χ1v) is 5.83. The smallest absolute Gasteiger partial charge is 0.412 e. The topological polar surface area (TPSA) is 67.4 Å². The summed E-state index contributed by atoms with van der Waals surface area (Å²) in [5, 5.41) is 5.20. The molecule has 0 spiro atoms. The molecular weight excluding hydrogens is 244 g/mol. The number of benzene rings is 1. The summed E-state index contributed by atoms with van der Waals surface area (Å²) in [5.74, 6) is -0.311. The van der Waals surface area contributed by atoms with E-state index in [1.54, 1.807) is 45.0 Å². The van der Waals surface area contributed by atoms with Crippen molar-refractivity contribution in [2.75, 3.05) is 10.6 Å². The largest absolute Gasteiger partial charge is 0.444 e. The zero-order valence-electron chi connectivity index (χ0n) is 11.3. The molecule has 19 heavy (non-hydrogen) atoms. The molecule has 0 saturated carbocycles. The Kier molecular flexibility index (Phi) is 4.69. The molecule has 0 atom stereocenters. The summed E-state index contributed by atoms with van der Waals surface area (Å²) in [6, 6.07) is 6.76. The second-order valence-electron chi connectivity index (χ2n) is 4.90. The summed E-state index contributed by atoms with van der Waals surface area (Å²) >= 11 is 0. The fourth-order valence-corrected chi connectivity index (χ4v) is 1.29. The van der Waals surface area contributed by atoms with Gasteiger partial charge in [0.2, 0.25) is 5.91 Å². The highest BCUT2D eigenvalue weighted by Crippen LogP contribution is 2.16. The Morgan fingerprint density at radius 3 is 2.32 bits per heavy atom. The van der Waals surface area contributed by atoms with Gasteiger partial charge in [-0.05, 0) is 45.0 Å². The summed E-state index contributed by atoms with van der Waals surface area (Å²) in [5.41, 5.74) is 0.549. The van der Waals surface area contributed by atoms with Gasteiger partial charge >= 0.3 is 6.09 Å². The third-order valence-corrected chi connectivity index (χ3v) is 1.96. The zero-order chi connectivity index (χ0) is 14.5. The quantitative estimate of drug-likeness (QED) is 0.822. The minimum atomic E-state index is -0.557. The van der Waals surface area contributed by atoms with E-state index in [-0.39, 0.29) is 5.91 Å². The number of nitrogens with one attached hydrogen (secondary N) is 2. The lowest BCUT2D eigenvalue weighted by molar-refractivity contribution is -0.111. The highest BCUT2D eigenvalue weighted by Gasteiger charge is 2.16. The number of rotatable bonds is 3. The Bertz CT molecular complexity index is 490. The van der Waals surface area contributed by atoms with E-state index in [0.717, 1.165) is 0 Å². The van der Waals surface area contributed by atoms with Gasteiger partial charge in [-0.25, -0.2) is 4.79 Å². The van der Waals surface area contributed by atoms with Gasteiger partial charge in [0.25, 0.3) is 0 Å². The minimum absolute atomic E-state index is 0.311. The maximum Gasteiger partial charge on any atom is 0.412 e. The van der Waals surface area contributed by atoms with Crippen LogP contribution in [0, 0.1) is 0 Å². The molecule has 0 heterocycles. The van der Waals surface area contributed by atoms with E-state index in [1.807, 2.05) is 0 Å². The number of anilines is 2. The first-order valence-electron chi connectivity index (χ1n) is 5.83. The molecule has 2 N–H and O–H groups in total. The van der Waals surface area contributed by atoms with E-state index in [9.17, 15) is 9.59 Å². The second-order valence-corrected chi connectivity index (χ2v) is 4.90. The third kappa shape index (κ3) is 5.72. The van der Waals surface area contributed by atoms with Gasteiger partial charge in [-0.2, -0.15) is 0 Å². The van der Waals surface area contributed by atoms with Crippen LogP contribution in [0.3, 0.4) is 0 Å². The first-order chi connectivity index (χ1) is 8.80. The molecule has 0 radical (unpaired) electrons. The van der Waals surface area contributed by atoms with Crippen LogP contribution < -0.4 is 10.6 Å². The number of hydrogen-bond acceptors (Lipinski definition) is 3. The van der Waals surface area contributed by atoms with Crippen LogP contribution >= 0.6 is 0 Å². The summed E-state index contributed by atoms with van der Waals surface area (Å²) < 4.78 is 5.13. The molecule has 0 bridgehead atoms. The maximum absolute atomic E-state index is 11.6. The summed E-state index contributed by atoms with van der Waals surface area (Å²) in [7, 11) is 0. The van der Waals surface area contributed by atoms with Crippen molar-refractivity contribution in [2.45, 2.75) is 26.4 Å². The van der Waals surface area contributed by atoms with E-state index >= 15 is 0 Å². The fraction of sp³-hybridized carbons (Fsp3) is 0.286. The van der Waals surface area contributed by atoms with Crippen LogP contribution in [0.15, 0.2) is 36.9 Å². The number of amides is 2. The van der Waals surface area contributed by atoms with Gasteiger partial charge < -0.3 is 10.1 Å². The van der Waals surface area contributed by atoms with Crippen LogP contribution in [-0.4, -0.2) is 17.6 Å². The fourth-order valence-electron chi connectivity index (χ4n) is 1.29. The molecule has 1 aromatic carbocycles. The van der Waals surface area contributed by atoms with Crippen molar-refractivity contribution in [3.05, 3.63) is 36.9 Å². The molecular formula is C14H18N2O3. The standard InChI is InChI=1S/C14H18N2O3/c1-5-12(17)15-10-7-6-8-11(9-10)16-13(18)19-14(2,3)4/h5-9H,1H2,2-4H3,(H,15,17)(H,16,18). The molecule has 1 rings (SSSR count). The second kappa shape index (κ2) is 6.04. The molecule has 102 valence electrons. The molecule has 0 aromatic heterocycles. The normalized spacial score (nSPS) is 10.5. The average Bonchev–Trinajstić information content (AvgIpc) is 2.26. The van der Waals surface area contributed by atoms with E-state index in [0.29, 0.717) is 11.4 Å². The number of hydrogen-bond donors (Lipinski definition) is 2. The molecule has 0 aliphatic carbocycles. The van der Waals surface area contributed by atoms with Crippen molar-refractivity contribution in [1.29, 1.82) is 0 Å². The molecule has 0 saturated heterocycles. The Labute approximate surface area is 112 Å². The van der Waals surface area contributed by atoms with Gasteiger partial charge in [-0.3, -0.25) is 10.1 Å². The van der Waals surface area contributed by atoms with Crippen LogP contribution in [-0.2, 0) is 9.53 Å². The van der Waals surface area contributed by atoms with E-state index < -0.39 is 11.7 Å². The van der Waals surface area contributed by atoms with Crippen LogP contribution in [0.1, 0.15) is 20.8 Å². The number of carbonyl (C=O) groups is 2. The Balaban J connectivity index is 2.69. The van der Waals surface area contributed by atoms with Gasteiger partial charge in [0, 0.05) is 11.4 Å². The number of ether oxygens (including phenoxy) is 1. The predicted octanol–water partition coefficient (Wildman–Crippen LogP) is 3.16. The van der Waals surface area contributed by atoms with Crippen LogP contribution in [0.4, 0.5) is 16.2 Å². The van der Waals surface area contributed by atoms with Gasteiger partial charge in [0.15, 0.2) is 0 Å². The highest BCUT2D eigenvalue weighted by atomic mass is 16.6. The SMILES string of the molecule is C=CC(=O)Nc1cccc(NC(=O)OC(C)(C)C)c1. The van der Waals surface area contributed by atoms with Gasteiger partial charge in [-0.1, -0.05) is 12.6 Å². The van der Waals surface area contributed by atoms with Crippen LogP contribution in [0.2, 0.25) is 0 Å². The Morgan fingerprint density at radius 2 is 1.79 bits per heavy atom. The summed E-state index contributed by atoms with van der Waals surface area (Å²) in [6.45, 7) is 8.72. The van der Waals surface area contributed by atoms with Crippen molar-refractivity contribution in [3.63, 3.8) is 0 Å². The molecule has 5 nitrogen and oxygen atoms in total.